The summed E-state index contributed by atoms with van der Waals surface area (Å²) in [5, 5.41) is 0. The van der Waals surface area contributed by atoms with Crippen molar-refractivity contribution in [2.75, 3.05) is 59.2 Å². The standard InChI is InChI=1S/C23H34N2O3/c1-20-6-14-28-23(18-20)7-9-25(10-8-23)19-21-2-4-22(5-3-21)27-17-13-24-11-15-26-16-12-24/h2-5,18H,6-17,19H2,1H3. The molecule has 1 aromatic rings. The SMILES string of the molecule is CC1=CC2(CCN(Cc3ccc(OCCN4CCOCC4)cc3)CC2)OCC1. The minimum Gasteiger partial charge on any atom is -0.492 e. The van der Waals surface area contributed by atoms with Crippen LogP contribution in [0, 0.1) is 0 Å². The van der Waals surface area contributed by atoms with Gasteiger partial charge in [0.25, 0.3) is 0 Å². The van der Waals surface area contributed by atoms with Gasteiger partial charge in [-0.2, -0.15) is 0 Å². The van der Waals surface area contributed by atoms with Crippen LogP contribution in [0.15, 0.2) is 35.9 Å². The fourth-order valence-corrected chi connectivity index (χ4v) is 4.42. The highest BCUT2D eigenvalue weighted by Gasteiger charge is 2.35. The molecule has 0 saturated carbocycles. The van der Waals surface area contributed by atoms with Crippen molar-refractivity contribution in [2.45, 2.75) is 38.3 Å². The molecule has 0 radical (unpaired) electrons. The van der Waals surface area contributed by atoms with E-state index in [9.17, 15) is 0 Å². The van der Waals surface area contributed by atoms with E-state index >= 15 is 0 Å². The lowest BCUT2D eigenvalue weighted by Gasteiger charge is -2.42. The Morgan fingerprint density at radius 3 is 2.43 bits per heavy atom. The highest BCUT2D eigenvalue weighted by atomic mass is 16.5. The monoisotopic (exact) mass is 386 g/mol. The van der Waals surface area contributed by atoms with Crippen molar-refractivity contribution in [3.05, 3.63) is 41.5 Å². The average Bonchev–Trinajstić information content (AvgIpc) is 2.72. The van der Waals surface area contributed by atoms with Gasteiger partial charge in [-0.3, -0.25) is 9.80 Å². The second-order valence-electron chi connectivity index (χ2n) is 8.38. The van der Waals surface area contributed by atoms with Gasteiger partial charge in [0, 0.05) is 39.3 Å². The molecule has 1 aromatic carbocycles. The van der Waals surface area contributed by atoms with Gasteiger partial charge in [0.1, 0.15) is 12.4 Å². The van der Waals surface area contributed by atoms with Gasteiger partial charge in [-0.15, -0.1) is 0 Å². The van der Waals surface area contributed by atoms with Crippen LogP contribution in [0.3, 0.4) is 0 Å². The molecule has 3 aliphatic rings. The summed E-state index contributed by atoms with van der Waals surface area (Å²) in [7, 11) is 0. The molecule has 28 heavy (non-hydrogen) atoms. The Labute approximate surface area is 169 Å². The largest absolute Gasteiger partial charge is 0.492 e. The first kappa shape index (κ1) is 19.9. The summed E-state index contributed by atoms with van der Waals surface area (Å²) in [5.41, 5.74) is 2.86. The lowest BCUT2D eigenvalue weighted by molar-refractivity contribution is -0.0576. The molecule has 5 nitrogen and oxygen atoms in total. The van der Waals surface area contributed by atoms with Crippen LogP contribution in [-0.4, -0.2) is 74.6 Å². The normalized spacial score (nSPS) is 23.5. The maximum atomic E-state index is 6.14. The van der Waals surface area contributed by atoms with E-state index in [1.807, 2.05) is 0 Å². The molecule has 3 aliphatic heterocycles. The number of morpholine rings is 1. The molecule has 0 aliphatic carbocycles. The maximum absolute atomic E-state index is 6.14. The minimum absolute atomic E-state index is 0.0109. The molecule has 4 rings (SSSR count). The second kappa shape index (κ2) is 9.40. The number of ether oxygens (including phenoxy) is 3. The highest BCUT2D eigenvalue weighted by Crippen LogP contribution is 2.33. The van der Waals surface area contributed by atoms with Gasteiger partial charge < -0.3 is 14.2 Å². The van der Waals surface area contributed by atoms with E-state index in [2.05, 4.69) is 47.1 Å². The second-order valence-corrected chi connectivity index (χ2v) is 8.38. The first-order chi connectivity index (χ1) is 13.7. The molecule has 154 valence electrons. The molecule has 2 saturated heterocycles. The van der Waals surface area contributed by atoms with Gasteiger partial charge in [0.2, 0.25) is 0 Å². The van der Waals surface area contributed by atoms with E-state index in [1.54, 1.807) is 0 Å². The van der Waals surface area contributed by atoms with Crippen LogP contribution in [0.5, 0.6) is 5.75 Å². The predicted molar refractivity (Wildman–Crippen MR) is 111 cm³/mol. The summed E-state index contributed by atoms with van der Waals surface area (Å²) in [5.74, 6) is 0.964. The Balaban J connectivity index is 1.20. The fourth-order valence-electron chi connectivity index (χ4n) is 4.42. The van der Waals surface area contributed by atoms with E-state index in [-0.39, 0.29) is 5.60 Å². The molecular formula is C23H34N2O3. The molecule has 0 bridgehead atoms. The van der Waals surface area contributed by atoms with Crippen molar-refractivity contribution in [3.63, 3.8) is 0 Å². The van der Waals surface area contributed by atoms with Gasteiger partial charge in [-0.1, -0.05) is 23.8 Å². The molecular weight excluding hydrogens is 352 g/mol. The average molecular weight is 387 g/mol. The van der Waals surface area contributed by atoms with Crippen molar-refractivity contribution in [1.29, 1.82) is 0 Å². The fraction of sp³-hybridized carbons (Fsp3) is 0.652. The van der Waals surface area contributed by atoms with Crippen molar-refractivity contribution in [3.8, 4) is 5.75 Å². The summed E-state index contributed by atoms with van der Waals surface area (Å²) >= 11 is 0. The number of rotatable bonds is 6. The maximum Gasteiger partial charge on any atom is 0.119 e. The number of benzene rings is 1. The molecule has 2 fully saturated rings. The highest BCUT2D eigenvalue weighted by molar-refractivity contribution is 5.27. The van der Waals surface area contributed by atoms with Gasteiger partial charge in [0.05, 0.1) is 25.4 Å². The van der Waals surface area contributed by atoms with E-state index in [0.29, 0.717) is 0 Å². The lowest BCUT2D eigenvalue weighted by Crippen LogP contribution is -2.46. The minimum atomic E-state index is 0.0109. The molecule has 0 N–H and O–H groups in total. The van der Waals surface area contributed by atoms with Gasteiger partial charge >= 0.3 is 0 Å². The molecule has 5 heteroatoms. The van der Waals surface area contributed by atoms with E-state index in [1.165, 1.54) is 11.1 Å². The summed E-state index contributed by atoms with van der Waals surface area (Å²) in [6, 6.07) is 8.62. The number of nitrogens with zero attached hydrogens (tertiary/aromatic N) is 2. The zero-order valence-electron chi connectivity index (χ0n) is 17.2. The smallest absolute Gasteiger partial charge is 0.119 e. The van der Waals surface area contributed by atoms with Crippen LogP contribution < -0.4 is 4.74 Å². The van der Waals surface area contributed by atoms with Crippen molar-refractivity contribution in [2.24, 2.45) is 0 Å². The van der Waals surface area contributed by atoms with E-state index in [0.717, 1.165) is 90.7 Å². The van der Waals surface area contributed by atoms with Gasteiger partial charge in [-0.05, 0) is 43.9 Å². The third-order valence-corrected chi connectivity index (χ3v) is 6.21. The summed E-state index contributed by atoms with van der Waals surface area (Å²) in [4.78, 5) is 4.94. The predicted octanol–water partition coefficient (Wildman–Crippen LogP) is 3.10. The number of hydrogen-bond acceptors (Lipinski definition) is 5. The van der Waals surface area contributed by atoms with E-state index < -0.39 is 0 Å². The van der Waals surface area contributed by atoms with Gasteiger partial charge in [-0.25, -0.2) is 0 Å². The Kier molecular flexibility index (Phi) is 6.68. The van der Waals surface area contributed by atoms with Crippen molar-refractivity contribution in [1.82, 2.24) is 9.80 Å². The number of piperidine rings is 1. The zero-order valence-corrected chi connectivity index (χ0v) is 17.2. The Morgan fingerprint density at radius 1 is 0.964 bits per heavy atom. The Bertz CT molecular complexity index is 644. The summed E-state index contributed by atoms with van der Waals surface area (Å²) in [6.45, 7) is 11.7. The molecule has 0 aromatic heterocycles. The topological polar surface area (TPSA) is 34.2 Å². The van der Waals surface area contributed by atoms with Crippen LogP contribution in [0.2, 0.25) is 0 Å². The first-order valence-corrected chi connectivity index (χ1v) is 10.8. The molecule has 1 spiro atoms. The summed E-state index contributed by atoms with van der Waals surface area (Å²) < 4.78 is 17.4. The molecule has 0 atom stereocenters. The lowest BCUT2D eigenvalue weighted by atomic mass is 9.87. The van der Waals surface area contributed by atoms with Crippen LogP contribution in [0.4, 0.5) is 0 Å². The van der Waals surface area contributed by atoms with Gasteiger partial charge in [0.15, 0.2) is 0 Å². The third-order valence-electron chi connectivity index (χ3n) is 6.21. The Hall–Kier alpha value is -1.40. The van der Waals surface area contributed by atoms with Crippen LogP contribution in [0.25, 0.3) is 0 Å². The molecule has 3 heterocycles. The quantitative estimate of drug-likeness (QED) is 0.702. The Morgan fingerprint density at radius 2 is 1.71 bits per heavy atom. The van der Waals surface area contributed by atoms with Crippen molar-refractivity contribution >= 4 is 0 Å². The van der Waals surface area contributed by atoms with E-state index in [4.69, 9.17) is 14.2 Å². The van der Waals surface area contributed by atoms with Crippen LogP contribution >= 0.6 is 0 Å². The third kappa shape index (κ3) is 5.35. The number of likely N-dealkylation sites (tertiary alicyclic amines) is 1. The van der Waals surface area contributed by atoms with Crippen LogP contribution in [-0.2, 0) is 16.0 Å². The first-order valence-electron chi connectivity index (χ1n) is 10.8. The zero-order chi connectivity index (χ0) is 19.2. The number of hydrogen-bond donors (Lipinski definition) is 0. The molecule has 0 amide bonds. The summed E-state index contributed by atoms with van der Waals surface area (Å²) in [6.07, 6.45) is 5.68. The van der Waals surface area contributed by atoms with Crippen LogP contribution in [0.1, 0.15) is 31.7 Å². The molecule has 0 unspecified atom stereocenters. The van der Waals surface area contributed by atoms with Crippen molar-refractivity contribution < 1.29 is 14.2 Å².